The second kappa shape index (κ2) is 13.4. The molecule has 0 bridgehead atoms. The molecule has 3 aromatic rings. The van der Waals surface area contributed by atoms with Crippen LogP contribution in [0, 0.1) is 0 Å². The largest absolute Gasteiger partial charge is 0.373 e. The number of halogens is 2. The van der Waals surface area contributed by atoms with Crippen molar-refractivity contribution >= 4 is 55.5 Å². The standard InChI is InChI=1S/C24H22Br2N2.2CO2/c1-17-16-27(22-12-8-20(25)9-13-22)24(19-6-4-3-5-7-19)28(18(17)2)23-14-10-21(26)11-15-23;2*2-1-3/h3-15,24H,16H2,1-2H3;;. The number of carbonyl (C=O) groups excluding carboxylic acids is 4. The zero-order valence-electron chi connectivity index (χ0n) is 18.6. The Kier molecular flexibility index (Phi) is 10.7. The first kappa shape index (κ1) is 27.0. The van der Waals surface area contributed by atoms with E-state index in [2.05, 4.69) is 134 Å². The Balaban J connectivity index is 0.000000618. The molecule has 0 aromatic heterocycles. The highest BCUT2D eigenvalue weighted by Gasteiger charge is 2.33. The van der Waals surface area contributed by atoms with Crippen molar-refractivity contribution in [2.45, 2.75) is 20.0 Å². The van der Waals surface area contributed by atoms with Crippen molar-refractivity contribution in [1.82, 2.24) is 0 Å². The van der Waals surface area contributed by atoms with E-state index in [9.17, 15) is 0 Å². The average molecular weight is 586 g/mol. The molecule has 34 heavy (non-hydrogen) atoms. The molecule has 0 fully saturated rings. The molecule has 4 rings (SSSR count). The van der Waals surface area contributed by atoms with Gasteiger partial charge in [-0.25, -0.2) is 0 Å². The highest BCUT2D eigenvalue weighted by molar-refractivity contribution is 9.10. The van der Waals surface area contributed by atoms with E-state index in [0.717, 1.165) is 15.5 Å². The molecule has 0 aliphatic carbocycles. The van der Waals surface area contributed by atoms with E-state index in [4.69, 9.17) is 19.2 Å². The Bertz CT molecular complexity index is 1160. The molecule has 1 aliphatic rings. The molecule has 1 heterocycles. The van der Waals surface area contributed by atoms with Gasteiger partial charge >= 0.3 is 12.3 Å². The van der Waals surface area contributed by atoms with E-state index in [1.165, 1.54) is 28.2 Å². The van der Waals surface area contributed by atoms with Crippen molar-refractivity contribution in [2.75, 3.05) is 16.3 Å². The zero-order chi connectivity index (χ0) is 25.1. The number of hydrogen-bond donors (Lipinski definition) is 0. The Morgan fingerprint density at radius 1 is 0.706 bits per heavy atom. The fourth-order valence-corrected chi connectivity index (χ4v) is 4.27. The normalized spacial score (nSPS) is 14.6. The maximum Gasteiger partial charge on any atom is 0.373 e. The van der Waals surface area contributed by atoms with Gasteiger partial charge in [0.05, 0.1) is 0 Å². The lowest BCUT2D eigenvalue weighted by Crippen LogP contribution is -2.46. The van der Waals surface area contributed by atoms with Gasteiger partial charge in [-0.2, -0.15) is 19.2 Å². The van der Waals surface area contributed by atoms with E-state index < -0.39 is 0 Å². The average Bonchev–Trinajstić information content (AvgIpc) is 2.83. The third-order valence-electron chi connectivity index (χ3n) is 5.29. The molecule has 1 aliphatic heterocycles. The second-order valence-corrected chi connectivity index (χ2v) is 9.10. The maximum absolute atomic E-state index is 8.12. The van der Waals surface area contributed by atoms with Crippen LogP contribution in [0.25, 0.3) is 0 Å². The van der Waals surface area contributed by atoms with E-state index in [1.807, 2.05) is 0 Å². The molecule has 0 saturated carbocycles. The molecule has 6 nitrogen and oxygen atoms in total. The minimum atomic E-state index is 0.0900. The lowest BCUT2D eigenvalue weighted by Gasteiger charge is -2.47. The minimum absolute atomic E-state index is 0.0900. The van der Waals surface area contributed by atoms with Crippen molar-refractivity contribution in [3.63, 3.8) is 0 Å². The van der Waals surface area contributed by atoms with Crippen molar-refractivity contribution in [2.24, 2.45) is 0 Å². The number of hydrogen-bond acceptors (Lipinski definition) is 6. The second-order valence-electron chi connectivity index (χ2n) is 7.27. The van der Waals surface area contributed by atoms with Gasteiger partial charge in [0, 0.05) is 32.6 Å². The van der Waals surface area contributed by atoms with Crippen LogP contribution in [-0.2, 0) is 19.2 Å². The fraction of sp³-hybridized carbons (Fsp3) is 0.154. The molecular weight excluding hydrogens is 564 g/mol. The van der Waals surface area contributed by atoms with Crippen molar-refractivity contribution < 1.29 is 19.2 Å². The van der Waals surface area contributed by atoms with Crippen molar-refractivity contribution in [1.29, 1.82) is 0 Å². The smallest absolute Gasteiger partial charge is 0.343 e. The fourth-order valence-electron chi connectivity index (χ4n) is 3.74. The highest BCUT2D eigenvalue weighted by Crippen LogP contribution is 2.41. The Morgan fingerprint density at radius 3 is 1.62 bits per heavy atom. The van der Waals surface area contributed by atoms with Crippen LogP contribution in [0.5, 0.6) is 0 Å². The van der Waals surface area contributed by atoms with Crippen LogP contribution in [0.3, 0.4) is 0 Å². The van der Waals surface area contributed by atoms with Crippen LogP contribution < -0.4 is 9.80 Å². The number of benzene rings is 3. The summed E-state index contributed by atoms with van der Waals surface area (Å²) in [7, 11) is 0. The van der Waals surface area contributed by atoms with Gasteiger partial charge in [-0.15, -0.1) is 0 Å². The molecule has 0 spiro atoms. The van der Waals surface area contributed by atoms with Crippen molar-refractivity contribution in [3.8, 4) is 0 Å². The predicted octanol–water partition coefficient (Wildman–Crippen LogP) is 6.36. The van der Waals surface area contributed by atoms with Crippen LogP contribution in [0.15, 0.2) is 99.1 Å². The number of allylic oxidation sites excluding steroid dienone is 1. The topological polar surface area (TPSA) is 74.8 Å². The summed E-state index contributed by atoms with van der Waals surface area (Å²) < 4.78 is 2.19. The first-order valence-electron chi connectivity index (χ1n) is 10.1. The lowest BCUT2D eigenvalue weighted by molar-refractivity contribution is -0.193. The molecule has 3 aromatic carbocycles. The van der Waals surface area contributed by atoms with E-state index in [0.29, 0.717) is 0 Å². The lowest BCUT2D eigenvalue weighted by atomic mass is 10.0. The van der Waals surface area contributed by atoms with Gasteiger partial charge < -0.3 is 9.80 Å². The van der Waals surface area contributed by atoms with Gasteiger partial charge in [0.2, 0.25) is 0 Å². The monoisotopic (exact) mass is 584 g/mol. The first-order chi connectivity index (χ1) is 16.4. The van der Waals surface area contributed by atoms with Crippen molar-refractivity contribution in [3.05, 3.63) is 105 Å². The van der Waals surface area contributed by atoms with Gasteiger partial charge in [-0.3, -0.25) is 0 Å². The molecule has 0 radical (unpaired) electrons. The Hall–Kier alpha value is -3.28. The van der Waals surface area contributed by atoms with E-state index in [-0.39, 0.29) is 18.5 Å². The summed E-state index contributed by atoms with van der Waals surface area (Å²) in [5.74, 6) is 0. The van der Waals surface area contributed by atoms with Gasteiger partial charge in [-0.05, 0) is 73.5 Å². The third kappa shape index (κ3) is 6.86. The summed E-state index contributed by atoms with van der Waals surface area (Å²) in [4.78, 5) is 37.4. The number of anilines is 2. The number of rotatable bonds is 3. The minimum Gasteiger partial charge on any atom is -0.343 e. The van der Waals surface area contributed by atoms with Gasteiger partial charge in [0.15, 0.2) is 0 Å². The number of nitrogens with zero attached hydrogens (tertiary/aromatic N) is 2. The quantitative estimate of drug-likeness (QED) is 0.356. The Morgan fingerprint density at radius 2 is 1.15 bits per heavy atom. The molecular formula is C26H22Br2N2O4. The van der Waals surface area contributed by atoms with E-state index in [1.54, 1.807) is 0 Å². The van der Waals surface area contributed by atoms with Crippen LogP contribution in [0.4, 0.5) is 11.4 Å². The molecule has 1 atom stereocenters. The van der Waals surface area contributed by atoms with Crippen LogP contribution >= 0.6 is 31.9 Å². The van der Waals surface area contributed by atoms with Gasteiger partial charge in [0.1, 0.15) is 6.17 Å². The predicted molar refractivity (Wildman–Crippen MR) is 136 cm³/mol. The molecule has 1 unspecified atom stereocenters. The van der Waals surface area contributed by atoms with Crippen LogP contribution in [-0.4, -0.2) is 18.8 Å². The summed E-state index contributed by atoms with van der Waals surface area (Å²) in [5.41, 5.74) is 6.37. The van der Waals surface area contributed by atoms with Gasteiger partial charge in [-0.1, -0.05) is 62.2 Å². The summed E-state index contributed by atoms with van der Waals surface area (Å²) in [6.45, 7) is 5.36. The van der Waals surface area contributed by atoms with Crippen LogP contribution in [0.1, 0.15) is 25.6 Å². The van der Waals surface area contributed by atoms with E-state index >= 15 is 0 Å². The summed E-state index contributed by atoms with van der Waals surface area (Å²) in [5, 5.41) is 0. The van der Waals surface area contributed by atoms with Gasteiger partial charge in [0.25, 0.3) is 0 Å². The molecule has 0 N–H and O–H groups in total. The first-order valence-corrected chi connectivity index (χ1v) is 11.7. The molecule has 174 valence electrons. The third-order valence-corrected chi connectivity index (χ3v) is 6.34. The summed E-state index contributed by atoms with van der Waals surface area (Å²) >= 11 is 7.13. The molecule has 8 heteroatoms. The Labute approximate surface area is 215 Å². The highest BCUT2D eigenvalue weighted by atomic mass is 79.9. The summed E-state index contributed by atoms with van der Waals surface area (Å²) in [6.07, 6.45) is 0.590. The zero-order valence-corrected chi connectivity index (χ0v) is 21.7. The summed E-state index contributed by atoms with van der Waals surface area (Å²) in [6, 6.07) is 27.9. The maximum atomic E-state index is 8.12. The molecule has 0 saturated heterocycles. The van der Waals surface area contributed by atoms with Crippen LogP contribution in [0.2, 0.25) is 0 Å². The molecule has 0 amide bonds. The SMILES string of the molecule is CC1=C(C)N(c2ccc(Br)cc2)C(c2ccccc2)N(c2ccc(Br)cc2)C1.O=C=O.O=C=O.